The van der Waals surface area contributed by atoms with Gasteiger partial charge in [-0.15, -0.1) is 0 Å². The first kappa shape index (κ1) is 13.0. The molecule has 0 atom stereocenters. The smallest absolute Gasteiger partial charge is 0.319 e. The Morgan fingerprint density at radius 3 is 2.83 bits per heavy atom. The van der Waals surface area contributed by atoms with Crippen LogP contribution < -0.4 is 5.32 Å². The maximum absolute atomic E-state index is 13.5. The van der Waals surface area contributed by atoms with E-state index in [1.54, 1.807) is 13.0 Å². The first-order valence-electron chi connectivity index (χ1n) is 6.34. The zero-order chi connectivity index (χ0) is 13.0. The molecule has 0 radical (unpaired) electrons. The average Bonchev–Trinajstić information content (AvgIpc) is 2.29. The molecule has 0 spiro atoms. The van der Waals surface area contributed by atoms with Crippen molar-refractivity contribution < 1.29 is 13.9 Å². The number of ether oxygens (including phenoxy) is 1. The predicted octanol–water partition coefficient (Wildman–Crippen LogP) is 2.22. The first-order valence-corrected chi connectivity index (χ1v) is 6.34. The van der Waals surface area contributed by atoms with Crippen LogP contribution in [0.1, 0.15) is 31.2 Å². The molecule has 0 heterocycles. The number of hydrogen-bond donors (Lipinski definition) is 1. The summed E-state index contributed by atoms with van der Waals surface area (Å²) in [5.74, 6) is -0.0934. The molecule has 1 aliphatic rings. The van der Waals surface area contributed by atoms with Crippen LogP contribution in [0.25, 0.3) is 0 Å². The molecule has 98 valence electrons. The Bertz CT molecular complexity index is 416. The standard InChI is InChI=1S/C14H18FNO2/c1-2-18-14(17)9-16-11-7-10(8-11)12-5-3-4-6-13(12)15/h3-6,10-11,16H,2,7-9H2,1H3. The van der Waals surface area contributed by atoms with E-state index < -0.39 is 0 Å². The number of hydrogen-bond acceptors (Lipinski definition) is 3. The van der Waals surface area contributed by atoms with Gasteiger partial charge in [0.2, 0.25) is 0 Å². The number of benzene rings is 1. The Labute approximate surface area is 106 Å². The van der Waals surface area contributed by atoms with Gasteiger partial charge in [0.25, 0.3) is 0 Å². The van der Waals surface area contributed by atoms with Gasteiger partial charge < -0.3 is 10.1 Å². The second kappa shape index (κ2) is 5.96. The molecular weight excluding hydrogens is 233 g/mol. The number of carbonyl (C=O) groups is 1. The minimum Gasteiger partial charge on any atom is -0.465 e. The minimum absolute atomic E-state index is 0.133. The van der Waals surface area contributed by atoms with Crippen molar-refractivity contribution in [2.75, 3.05) is 13.2 Å². The van der Waals surface area contributed by atoms with Gasteiger partial charge in [0.1, 0.15) is 5.82 Å². The van der Waals surface area contributed by atoms with Crippen LogP contribution in [0.15, 0.2) is 24.3 Å². The molecule has 0 amide bonds. The number of halogens is 1. The fourth-order valence-corrected chi connectivity index (χ4v) is 2.28. The number of carbonyl (C=O) groups excluding carboxylic acids is 1. The topological polar surface area (TPSA) is 38.3 Å². The van der Waals surface area contributed by atoms with Crippen molar-refractivity contribution in [2.24, 2.45) is 0 Å². The van der Waals surface area contributed by atoms with E-state index in [4.69, 9.17) is 4.74 Å². The lowest BCUT2D eigenvalue weighted by Crippen LogP contribution is -2.43. The third-order valence-corrected chi connectivity index (χ3v) is 3.32. The highest BCUT2D eigenvalue weighted by molar-refractivity contribution is 5.71. The van der Waals surface area contributed by atoms with Gasteiger partial charge in [-0.3, -0.25) is 4.79 Å². The molecule has 3 nitrogen and oxygen atoms in total. The van der Waals surface area contributed by atoms with Crippen molar-refractivity contribution >= 4 is 5.97 Å². The van der Waals surface area contributed by atoms with E-state index in [9.17, 15) is 9.18 Å². The second-order valence-corrected chi connectivity index (χ2v) is 4.57. The van der Waals surface area contributed by atoms with Crippen LogP contribution in [-0.4, -0.2) is 25.2 Å². The largest absolute Gasteiger partial charge is 0.465 e. The van der Waals surface area contributed by atoms with E-state index in [-0.39, 0.29) is 24.2 Å². The van der Waals surface area contributed by atoms with Crippen molar-refractivity contribution in [2.45, 2.75) is 31.7 Å². The summed E-state index contributed by atoms with van der Waals surface area (Å²) in [4.78, 5) is 11.1. The van der Waals surface area contributed by atoms with Crippen LogP contribution >= 0.6 is 0 Å². The summed E-state index contributed by atoms with van der Waals surface area (Å²) in [6, 6.07) is 7.18. The molecule has 1 aliphatic carbocycles. The minimum atomic E-state index is -0.230. The van der Waals surface area contributed by atoms with Gasteiger partial charge >= 0.3 is 5.97 Å². The highest BCUT2D eigenvalue weighted by Crippen LogP contribution is 2.37. The molecule has 0 aliphatic heterocycles. The van der Waals surface area contributed by atoms with Gasteiger partial charge in [-0.25, -0.2) is 4.39 Å². The lowest BCUT2D eigenvalue weighted by Gasteiger charge is -2.36. The lowest BCUT2D eigenvalue weighted by molar-refractivity contribution is -0.142. The Morgan fingerprint density at radius 1 is 1.44 bits per heavy atom. The van der Waals surface area contributed by atoms with Crippen molar-refractivity contribution in [3.05, 3.63) is 35.6 Å². The summed E-state index contributed by atoms with van der Waals surface area (Å²) < 4.78 is 18.3. The molecule has 1 fully saturated rings. The highest BCUT2D eigenvalue weighted by Gasteiger charge is 2.31. The molecule has 18 heavy (non-hydrogen) atoms. The molecule has 1 aromatic carbocycles. The van der Waals surface area contributed by atoms with Crippen LogP contribution in [0.5, 0.6) is 0 Å². The van der Waals surface area contributed by atoms with E-state index in [1.807, 2.05) is 12.1 Å². The van der Waals surface area contributed by atoms with E-state index in [2.05, 4.69) is 5.32 Å². The fraction of sp³-hybridized carbons (Fsp3) is 0.500. The molecule has 1 saturated carbocycles. The molecule has 1 aromatic rings. The molecule has 0 saturated heterocycles. The third kappa shape index (κ3) is 3.07. The van der Waals surface area contributed by atoms with Crippen molar-refractivity contribution in [3.8, 4) is 0 Å². The zero-order valence-corrected chi connectivity index (χ0v) is 10.5. The second-order valence-electron chi connectivity index (χ2n) is 4.57. The van der Waals surface area contributed by atoms with Crippen LogP contribution in [0.4, 0.5) is 4.39 Å². The van der Waals surface area contributed by atoms with Crippen LogP contribution in [-0.2, 0) is 9.53 Å². The predicted molar refractivity (Wildman–Crippen MR) is 66.8 cm³/mol. The maximum atomic E-state index is 13.5. The van der Waals surface area contributed by atoms with Crippen LogP contribution in [0.3, 0.4) is 0 Å². The highest BCUT2D eigenvalue weighted by atomic mass is 19.1. The summed E-state index contributed by atoms with van der Waals surface area (Å²) in [5, 5.41) is 3.13. The molecule has 2 rings (SSSR count). The van der Waals surface area contributed by atoms with Gasteiger partial charge in [-0.05, 0) is 37.3 Å². The molecular formula is C14H18FNO2. The number of nitrogens with one attached hydrogen (secondary N) is 1. The van der Waals surface area contributed by atoms with E-state index >= 15 is 0 Å². The summed E-state index contributed by atoms with van der Waals surface area (Å²) in [7, 11) is 0. The van der Waals surface area contributed by atoms with E-state index in [1.165, 1.54) is 6.07 Å². The Kier molecular flexibility index (Phi) is 4.31. The molecule has 0 aromatic heterocycles. The van der Waals surface area contributed by atoms with Gasteiger partial charge in [0.15, 0.2) is 0 Å². The van der Waals surface area contributed by atoms with E-state index in [0.717, 1.165) is 18.4 Å². The van der Waals surface area contributed by atoms with Gasteiger partial charge in [0, 0.05) is 6.04 Å². The molecule has 1 N–H and O–H groups in total. The third-order valence-electron chi connectivity index (χ3n) is 3.32. The Morgan fingerprint density at radius 2 is 2.17 bits per heavy atom. The molecule has 4 heteroatoms. The van der Waals surface area contributed by atoms with Gasteiger partial charge in [0.05, 0.1) is 13.2 Å². The molecule has 0 bridgehead atoms. The normalized spacial score (nSPS) is 22.3. The zero-order valence-electron chi connectivity index (χ0n) is 10.5. The lowest BCUT2D eigenvalue weighted by atomic mass is 9.75. The average molecular weight is 251 g/mol. The first-order chi connectivity index (χ1) is 8.70. The summed E-state index contributed by atoms with van der Waals surface area (Å²) in [6.07, 6.45) is 1.75. The van der Waals surface area contributed by atoms with Crippen LogP contribution in [0.2, 0.25) is 0 Å². The van der Waals surface area contributed by atoms with Crippen LogP contribution in [0, 0.1) is 5.82 Å². The molecule has 0 unspecified atom stereocenters. The Hall–Kier alpha value is -1.42. The van der Waals surface area contributed by atoms with Crippen molar-refractivity contribution in [1.82, 2.24) is 5.32 Å². The summed E-state index contributed by atoms with van der Waals surface area (Å²) >= 11 is 0. The van der Waals surface area contributed by atoms with Gasteiger partial charge in [-0.2, -0.15) is 0 Å². The Balaban J connectivity index is 1.74. The summed E-state index contributed by atoms with van der Waals surface area (Å²) in [5.41, 5.74) is 0.784. The number of esters is 1. The SMILES string of the molecule is CCOC(=O)CNC1CC(c2ccccc2F)C1. The van der Waals surface area contributed by atoms with Crippen molar-refractivity contribution in [1.29, 1.82) is 0 Å². The monoisotopic (exact) mass is 251 g/mol. The quantitative estimate of drug-likeness (QED) is 0.815. The van der Waals surface area contributed by atoms with E-state index in [0.29, 0.717) is 12.6 Å². The summed E-state index contributed by atoms with van der Waals surface area (Å²) in [6.45, 7) is 2.43. The maximum Gasteiger partial charge on any atom is 0.319 e. The fourth-order valence-electron chi connectivity index (χ4n) is 2.28. The van der Waals surface area contributed by atoms with Crippen molar-refractivity contribution in [3.63, 3.8) is 0 Å². The van der Waals surface area contributed by atoms with Gasteiger partial charge in [-0.1, -0.05) is 18.2 Å². The number of rotatable bonds is 5.